The summed E-state index contributed by atoms with van der Waals surface area (Å²) < 4.78 is 27.2. The number of halogens is 1. The molecule has 0 radical (unpaired) electrons. The van der Waals surface area contributed by atoms with E-state index < -0.39 is 10.0 Å². The highest BCUT2D eigenvalue weighted by atomic mass is 35.5. The van der Waals surface area contributed by atoms with Crippen molar-refractivity contribution in [1.82, 2.24) is 5.32 Å². The van der Waals surface area contributed by atoms with Crippen LogP contribution in [0.15, 0.2) is 53.7 Å². The maximum atomic E-state index is 12.4. The van der Waals surface area contributed by atoms with Crippen molar-refractivity contribution in [2.45, 2.75) is 12.2 Å². The normalized spacial score (nSPS) is 10.8. The molecular formula is C18H22ClN5O4S. The molecule has 2 aromatic rings. The van der Waals surface area contributed by atoms with Gasteiger partial charge in [-0.2, -0.15) is 0 Å². The number of nitrogens with one attached hydrogen (secondary N) is 2. The smallest absolute Gasteiger partial charge is 0.236 e. The monoisotopic (exact) mass is 439 g/mol. The Bertz CT molecular complexity index is 963. The van der Waals surface area contributed by atoms with Crippen molar-refractivity contribution in [3.05, 3.63) is 64.7 Å². The number of benzene rings is 2. The number of carbonyl (C=O) groups is 1. The second kappa shape index (κ2) is 10.5. The summed E-state index contributed by atoms with van der Waals surface area (Å²) in [4.78, 5) is 16.8. The first-order chi connectivity index (χ1) is 13.7. The van der Waals surface area contributed by atoms with E-state index in [2.05, 4.69) is 15.2 Å². The van der Waals surface area contributed by atoms with Gasteiger partial charge in [0, 0.05) is 10.7 Å². The molecule has 0 saturated heterocycles. The fourth-order valence-electron chi connectivity index (χ4n) is 2.37. The van der Waals surface area contributed by atoms with Crippen LogP contribution in [0, 0.1) is 0 Å². The van der Waals surface area contributed by atoms with E-state index in [1.54, 1.807) is 24.3 Å². The van der Waals surface area contributed by atoms with Crippen LogP contribution in [-0.2, 0) is 31.8 Å². The maximum absolute atomic E-state index is 12.4. The molecular weight excluding hydrogens is 418 g/mol. The molecule has 1 amide bonds. The Kier molecular flexibility index (Phi) is 8.10. The van der Waals surface area contributed by atoms with Gasteiger partial charge in [-0.25, -0.2) is 8.42 Å². The van der Waals surface area contributed by atoms with Gasteiger partial charge in [0.2, 0.25) is 21.9 Å². The van der Waals surface area contributed by atoms with E-state index in [0.717, 1.165) is 0 Å². The van der Waals surface area contributed by atoms with Gasteiger partial charge in [0.05, 0.1) is 18.7 Å². The lowest BCUT2D eigenvalue weighted by molar-refractivity contribution is -0.120. The highest BCUT2D eigenvalue weighted by Gasteiger charge is 2.14. The Balaban J connectivity index is 1.95. The molecule has 0 aliphatic rings. The topological polar surface area (TPSA) is 149 Å². The Hall–Kier alpha value is -2.98. The fourth-order valence-corrected chi connectivity index (χ4v) is 3.75. The Labute approximate surface area is 174 Å². The molecule has 29 heavy (non-hydrogen) atoms. The second-order valence-electron chi connectivity index (χ2n) is 6.03. The van der Waals surface area contributed by atoms with E-state index in [4.69, 9.17) is 27.9 Å². The van der Waals surface area contributed by atoms with Gasteiger partial charge in [0.1, 0.15) is 6.61 Å². The Morgan fingerprint density at radius 1 is 1.14 bits per heavy atom. The van der Waals surface area contributed by atoms with Gasteiger partial charge in [-0.1, -0.05) is 41.9 Å². The summed E-state index contributed by atoms with van der Waals surface area (Å²) in [5, 5.41) is 6.30. The zero-order chi connectivity index (χ0) is 21.3. The zero-order valence-corrected chi connectivity index (χ0v) is 17.0. The van der Waals surface area contributed by atoms with Crippen LogP contribution in [-0.4, -0.2) is 33.4 Å². The molecule has 0 bridgehead atoms. The predicted molar refractivity (Wildman–Crippen MR) is 113 cm³/mol. The molecule has 0 aliphatic heterocycles. The van der Waals surface area contributed by atoms with E-state index in [-0.39, 0.29) is 37.2 Å². The molecule has 0 aliphatic carbocycles. The lowest BCUT2D eigenvalue weighted by atomic mass is 10.1. The average molecular weight is 440 g/mol. The minimum atomic E-state index is -3.62. The summed E-state index contributed by atoms with van der Waals surface area (Å²) in [6.45, 7) is 0.285. The summed E-state index contributed by atoms with van der Waals surface area (Å²) in [6.07, 6.45) is -0.0324. The number of rotatable bonds is 10. The van der Waals surface area contributed by atoms with Gasteiger partial charge in [0.25, 0.3) is 0 Å². The summed E-state index contributed by atoms with van der Waals surface area (Å²) in [5.74, 6) is -0.693. The third kappa shape index (κ3) is 8.28. The van der Waals surface area contributed by atoms with Gasteiger partial charge < -0.3 is 21.6 Å². The lowest BCUT2D eigenvalue weighted by Crippen LogP contribution is -2.29. The molecule has 0 fully saturated rings. The number of hydrogen-bond donors (Lipinski definition) is 4. The first-order valence-corrected chi connectivity index (χ1v) is 10.6. The first-order valence-electron chi connectivity index (χ1n) is 8.55. The van der Waals surface area contributed by atoms with Gasteiger partial charge in [-0.3, -0.25) is 9.52 Å². The number of oxime groups is 1. The first kappa shape index (κ1) is 22.3. The van der Waals surface area contributed by atoms with E-state index in [0.29, 0.717) is 21.8 Å². The molecule has 2 aromatic carbocycles. The molecule has 0 heterocycles. The molecule has 156 valence electrons. The highest BCUT2D eigenvalue weighted by molar-refractivity contribution is 7.91. The Morgan fingerprint density at radius 2 is 1.86 bits per heavy atom. The predicted octanol–water partition coefficient (Wildman–Crippen LogP) is 1.15. The summed E-state index contributed by atoms with van der Waals surface area (Å²) in [6, 6.07) is 13.4. The second-order valence-corrected chi connectivity index (χ2v) is 8.16. The largest absolute Gasteiger partial charge is 0.391 e. The number of nitrogens with two attached hydrogens (primary N) is 2. The van der Waals surface area contributed by atoms with E-state index in [1.807, 2.05) is 6.07 Å². The third-order valence-electron chi connectivity index (χ3n) is 3.56. The summed E-state index contributed by atoms with van der Waals surface area (Å²) in [5.41, 5.74) is 11.7. The van der Waals surface area contributed by atoms with Crippen molar-refractivity contribution in [2.75, 3.05) is 17.9 Å². The van der Waals surface area contributed by atoms with Crippen LogP contribution in [0.1, 0.15) is 11.1 Å². The van der Waals surface area contributed by atoms with Crippen molar-refractivity contribution < 1.29 is 18.0 Å². The van der Waals surface area contributed by atoms with Crippen LogP contribution in [0.2, 0.25) is 5.02 Å². The molecule has 0 unspecified atom stereocenters. The lowest BCUT2D eigenvalue weighted by Gasteiger charge is -2.11. The zero-order valence-electron chi connectivity index (χ0n) is 15.5. The number of amides is 1. The maximum Gasteiger partial charge on any atom is 0.236 e. The van der Waals surface area contributed by atoms with Crippen molar-refractivity contribution in [3.8, 4) is 0 Å². The minimum absolute atomic E-state index is 0.0324. The molecule has 0 atom stereocenters. The summed E-state index contributed by atoms with van der Waals surface area (Å²) in [7, 11) is -3.62. The molecule has 2 rings (SSSR count). The number of hydrogen-bond acceptors (Lipinski definition) is 5. The molecule has 0 aromatic heterocycles. The van der Waals surface area contributed by atoms with E-state index in [1.165, 1.54) is 18.2 Å². The van der Waals surface area contributed by atoms with Gasteiger partial charge >= 0.3 is 0 Å². The fraction of sp³-hybridized carbons (Fsp3) is 0.222. The number of guanidine groups is 1. The van der Waals surface area contributed by atoms with Crippen LogP contribution in [0.25, 0.3) is 0 Å². The molecule has 11 heteroatoms. The molecule has 0 spiro atoms. The van der Waals surface area contributed by atoms with Crippen molar-refractivity contribution in [2.24, 2.45) is 16.6 Å². The van der Waals surface area contributed by atoms with Gasteiger partial charge in [-0.15, -0.1) is 0 Å². The van der Waals surface area contributed by atoms with Gasteiger partial charge in [0.15, 0.2) is 0 Å². The van der Waals surface area contributed by atoms with Gasteiger partial charge in [-0.05, 0) is 34.5 Å². The standard InChI is InChI=1S/C18H22ClN5O4S/c19-16-7-6-15(24-29(26,27)12-13-4-2-1-3-5-13)10-14(16)11-17(25)22-8-9-28-23-18(20)21/h1-7,10,24H,8-9,11-12H2,(H,22,25)(H4,20,21,23). The van der Waals surface area contributed by atoms with Crippen LogP contribution < -0.4 is 21.5 Å². The minimum Gasteiger partial charge on any atom is -0.391 e. The van der Waals surface area contributed by atoms with Crippen molar-refractivity contribution in [1.29, 1.82) is 0 Å². The Morgan fingerprint density at radius 3 is 2.55 bits per heavy atom. The number of carbonyl (C=O) groups excluding carboxylic acids is 1. The molecule has 9 nitrogen and oxygen atoms in total. The molecule has 0 saturated carbocycles. The SMILES string of the molecule is NC(N)=NOCCNC(=O)Cc1cc(NS(=O)(=O)Cc2ccccc2)ccc1Cl. The number of nitrogens with zero attached hydrogens (tertiary/aromatic N) is 1. The van der Waals surface area contributed by atoms with E-state index in [9.17, 15) is 13.2 Å². The highest BCUT2D eigenvalue weighted by Crippen LogP contribution is 2.22. The summed E-state index contributed by atoms with van der Waals surface area (Å²) >= 11 is 6.13. The average Bonchev–Trinajstić information content (AvgIpc) is 2.64. The van der Waals surface area contributed by atoms with Crippen LogP contribution >= 0.6 is 11.6 Å². The van der Waals surface area contributed by atoms with Crippen molar-refractivity contribution >= 4 is 39.2 Å². The number of sulfonamides is 1. The van der Waals surface area contributed by atoms with Crippen LogP contribution in [0.3, 0.4) is 0 Å². The van der Waals surface area contributed by atoms with Crippen molar-refractivity contribution in [3.63, 3.8) is 0 Å². The van der Waals surface area contributed by atoms with Crippen LogP contribution in [0.4, 0.5) is 5.69 Å². The van der Waals surface area contributed by atoms with E-state index >= 15 is 0 Å². The quantitative estimate of drug-likeness (QED) is 0.189. The number of anilines is 1. The third-order valence-corrected chi connectivity index (χ3v) is 5.18. The van der Waals surface area contributed by atoms with Crippen LogP contribution in [0.5, 0.6) is 0 Å². The molecule has 6 N–H and O–H groups in total.